The number of halogens is 1. The van der Waals surface area contributed by atoms with Crippen LogP contribution in [-0.4, -0.2) is 76.3 Å². The van der Waals surface area contributed by atoms with Gasteiger partial charge in [0.15, 0.2) is 0 Å². The van der Waals surface area contributed by atoms with Crippen LogP contribution in [0.1, 0.15) is 11.4 Å². The third-order valence-corrected chi connectivity index (χ3v) is 6.70. The van der Waals surface area contributed by atoms with E-state index in [4.69, 9.17) is 16.6 Å². The first-order chi connectivity index (χ1) is 15.1. The summed E-state index contributed by atoms with van der Waals surface area (Å²) in [6.45, 7) is 8.20. The summed E-state index contributed by atoms with van der Waals surface area (Å²) in [4.78, 5) is 16.4. The van der Waals surface area contributed by atoms with E-state index in [1.807, 2.05) is 37.3 Å². The van der Waals surface area contributed by atoms with Gasteiger partial charge in [-0.25, -0.2) is 9.97 Å². The highest BCUT2D eigenvalue weighted by molar-refractivity contribution is 6.30. The molecule has 1 N–H and O–H groups in total. The van der Waals surface area contributed by atoms with Crippen molar-refractivity contribution < 1.29 is 5.11 Å². The second-order valence-electron chi connectivity index (χ2n) is 8.59. The zero-order valence-corrected chi connectivity index (χ0v) is 18.5. The third-order valence-electron chi connectivity index (χ3n) is 6.45. The molecule has 2 saturated heterocycles. The maximum absolute atomic E-state index is 10.9. The van der Waals surface area contributed by atoms with Crippen molar-refractivity contribution in [2.45, 2.75) is 25.6 Å². The normalized spacial score (nSPS) is 23.0. The van der Waals surface area contributed by atoms with Gasteiger partial charge < -0.3 is 10.0 Å². The number of hydrogen-bond acceptors (Lipinski definition) is 6. The Bertz CT molecular complexity index is 1050. The third kappa shape index (κ3) is 4.39. The number of hydrogen-bond donors (Lipinski definition) is 1. The van der Waals surface area contributed by atoms with Crippen LogP contribution in [-0.2, 0) is 6.54 Å². The van der Waals surface area contributed by atoms with Gasteiger partial charge in [-0.1, -0.05) is 35.9 Å². The van der Waals surface area contributed by atoms with E-state index >= 15 is 0 Å². The molecule has 0 unspecified atom stereocenters. The summed E-state index contributed by atoms with van der Waals surface area (Å²) in [6, 6.07) is 16.4. The van der Waals surface area contributed by atoms with Gasteiger partial charge in [0.1, 0.15) is 11.6 Å². The molecule has 3 aromatic rings. The quantitative estimate of drug-likeness (QED) is 0.677. The van der Waals surface area contributed by atoms with Crippen molar-refractivity contribution in [1.29, 1.82) is 0 Å². The van der Waals surface area contributed by atoms with Gasteiger partial charge in [-0.15, -0.1) is 0 Å². The number of rotatable bonds is 4. The van der Waals surface area contributed by atoms with E-state index in [0.717, 1.165) is 66.8 Å². The summed E-state index contributed by atoms with van der Waals surface area (Å²) in [6.07, 6.45) is -0.378. The average Bonchev–Trinajstić information content (AvgIpc) is 3.17. The average molecular weight is 438 g/mol. The molecule has 3 heterocycles. The van der Waals surface area contributed by atoms with Crippen molar-refractivity contribution in [3.63, 3.8) is 0 Å². The van der Waals surface area contributed by atoms with Gasteiger partial charge >= 0.3 is 0 Å². The molecule has 0 aliphatic carbocycles. The Hall–Kier alpha value is -2.25. The van der Waals surface area contributed by atoms with Crippen LogP contribution in [0.15, 0.2) is 48.5 Å². The van der Waals surface area contributed by atoms with Crippen LogP contribution in [0, 0.1) is 6.92 Å². The number of aliphatic hydroxyl groups excluding tert-OH is 1. The van der Waals surface area contributed by atoms with E-state index in [1.54, 1.807) is 0 Å². The van der Waals surface area contributed by atoms with Crippen LogP contribution >= 0.6 is 11.6 Å². The minimum Gasteiger partial charge on any atom is -0.390 e. The Morgan fingerprint density at radius 1 is 0.968 bits per heavy atom. The van der Waals surface area contributed by atoms with Gasteiger partial charge in [-0.05, 0) is 36.8 Å². The highest BCUT2D eigenvalue weighted by Crippen LogP contribution is 2.29. The topological polar surface area (TPSA) is 55.7 Å². The molecule has 31 heavy (non-hydrogen) atoms. The standard InChI is InChI=1S/C24H28ClN5O/c1-17-26-21-5-3-2-4-20(21)24(27-17)30-15-22(23(31)16-30)29-12-10-28(11-13-29)14-18-6-8-19(25)9-7-18/h2-9,22-23,31H,10-16H2,1H3/t22-,23-/m0/s1. The SMILES string of the molecule is Cc1nc(N2C[C@H](O)[C@@H](N3CCN(Cc4ccc(Cl)cc4)CC3)C2)c2ccccc2n1. The maximum atomic E-state index is 10.9. The van der Waals surface area contributed by atoms with Crippen LogP contribution in [0.5, 0.6) is 0 Å². The van der Waals surface area contributed by atoms with E-state index < -0.39 is 0 Å². The molecule has 0 spiro atoms. The number of para-hydroxylation sites is 1. The molecule has 0 amide bonds. The van der Waals surface area contributed by atoms with Crippen molar-refractivity contribution in [2.24, 2.45) is 0 Å². The number of nitrogens with zero attached hydrogens (tertiary/aromatic N) is 5. The molecule has 2 atom stereocenters. The van der Waals surface area contributed by atoms with E-state index in [2.05, 4.69) is 37.9 Å². The molecule has 1 aromatic heterocycles. The fourth-order valence-corrected chi connectivity index (χ4v) is 4.94. The lowest BCUT2D eigenvalue weighted by Crippen LogP contribution is -2.53. The Balaban J connectivity index is 1.24. The summed E-state index contributed by atoms with van der Waals surface area (Å²) in [5.74, 6) is 1.70. The highest BCUT2D eigenvalue weighted by Gasteiger charge is 2.37. The smallest absolute Gasteiger partial charge is 0.140 e. The zero-order valence-electron chi connectivity index (χ0n) is 17.8. The molecule has 2 aliphatic rings. The molecule has 6 nitrogen and oxygen atoms in total. The molecule has 2 aliphatic heterocycles. The number of aliphatic hydroxyl groups is 1. The Kier molecular flexibility index (Phi) is 5.80. The Labute approximate surface area is 188 Å². The highest BCUT2D eigenvalue weighted by atomic mass is 35.5. The lowest BCUT2D eigenvalue weighted by atomic mass is 10.1. The molecule has 2 fully saturated rings. The fourth-order valence-electron chi connectivity index (χ4n) is 4.82. The number of piperazine rings is 1. The lowest BCUT2D eigenvalue weighted by molar-refractivity contribution is 0.0424. The monoisotopic (exact) mass is 437 g/mol. The molecule has 2 aromatic carbocycles. The summed E-state index contributed by atoms with van der Waals surface area (Å²) >= 11 is 6.00. The minimum atomic E-state index is -0.378. The summed E-state index contributed by atoms with van der Waals surface area (Å²) in [5, 5.41) is 12.7. The first kappa shape index (κ1) is 20.6. The molecule has 0 bridgehead atoms. The van der Waals surface area contributed by atoms with Crippen LogP contribution in [0.3, 0.4) is 0 Å². The van der Waals surface area contributed by atoms with Crippen LogP contribution in [0.2, 0.25) is 5.02 Å². The van der Waals surface area contributed by atoms with Crippen LogP contribution in [0.4, 0.5) is 5.82 Å². The van der Waals surface area contributed by atoms with Crippen molar-refractivity contribution in [3.8, 4) is 0 Å². The summed E-state index contributed by atoms with van der Waals surface area (Å²) < 4.78 is 0. The van der Waals surface area contributed by atoms with E-state index in [9.17, 15) is 5.11 Å². The van der Waals surface area contributed by atoms with Crippen molar-refractivity contribution in [3.05, 3.63) is 64.9 Å². The lowest BCUT2D eigenvalue weighted by Gasteiger charge is -2.38. The predicted octanol–water partition coefficient (Wildman–Crippen LogP) is 2.96. The summed E-state index contributed by atoms with van der Waals surface area (Å²) in [7, 11) is 0. The number of aromatic nitrogens is 2. The number of anilines is 1. The Morgan fingerprint density at radius 3 is 2.48 bits per heavy atom. The predicted molar refractivity (Wildman–Crippen MR) is 125 cm³/mol. The van der Waals surface area contributed by atoms with Gasteiger partial charge in [0.2, 0.25) is 0 Å². The molecule has 7 heteroatoms. The molecule has 0 saturated carbocycles. The Morgan fingerprint density at radius 2 is 1.71 bits per heavy atom. The number of benzene rings is 2. The van der Waals surface area contributed by atoms with E-state index in [0.29, 0.717) is 6.54 Å². The van der Waals surface area contributed by atoms with Gasteiger partial charge in [0, 0.05) is 56.2 Å². The van der Waals surface area contributed by atoms with Crippen molar-refractivity contribution >= 4 is 28.3 Å². The van der Waals surface area contributed by atoms with Gasteiger partial charge in [0.25, 0.3) is 0 Å². The van der Waals surface area contributed by atoms with Crippen LogP contribution < -0.4 is 4.90 Å². The number of fused-ring (bicyclic) bond motifs is 1. The van der Waals surface area contributed by atoms with Gasteiger partial charge in [-0.2, -0.15) is 0 Å². The fraction of sp³-hybridized carbons (Fsp3) is 0.417. The number of β-amino-alcohol motifs (C(OH)–C–C–N with tert-alkyl or cyclic N) is 1. The summed E-state index contributed by atoms with van der Waals surface area (Å²) in [5.41, 5.74) is 2.25. The van der Waals surface area contributed by atoms with E-state index in [-0.39, 0.29) is 12.1 Å². The van der Waals surface area contributed by atoms with E-state index in [1.165, 1.54) is 5.56 Å². The van der Waals surface area contributed by atoms with Crippen LogP contribution in [0.25, 0.3) is 10.9 Å². The molecular weight excluding hydrogens is 410 g/mol. The second kappa shape index (κ2) is 8.71. The maximum Gasteiger partial charge on any atom is 0.140 e. The largest absolute Gasteiger partial charge is 0.390 e. The molecule has 0 radical (unpaired) electrons. The minimum absolute atomic E-state index is 0.131. The molecular formula is C24H28ClN5O. The first-order valence-corrected chi connectivity index (χ1v) is 11.3. The number of aryl methyl sites for hydroxylation is 1. The van der Waals surface area contributed by atoms with Crippen molar-refractivity contribution in [1.82, 2.24) is 19.8 Å². The zero-order chi connectivity index (χ0) is 21.4. The molecule has 162 valence electrons. The van der Waals surface area contributed by atoms with Gasteiger partial charge in [-0.3, -0.25) is 9.80 Å². The van der Waals surface area contributed by atoms with Crippen molar-refractivity contribution in [2.75, 3.05) is 44.2 Å². The second-order valence-corrected chi connectivity index (χ2v) is 9.03. The van der Waals surface area contributed by atoms with Gasteiger partial charge in [0.05, 0.1) is 17.7 Å². The first-order valence-electron chi connectivity index (χ1n) is 10.9. The molecule has 5 rings (SSSR count).